The number of hydrogen-bond acceptors (Lipinski definition) is 5. The van der Waals surface area contributed by atoms with Crippen molar-refractivity contribution in [3.05, 3.63) is 99.5 Å². The number of esters is 1. The molecule has 0 spiro atoms. The van der Waals surface area contributed by atoms with Gasteiger partial charge in [-0.2, -0.15) is 0 Å². The van der Waals surface area contributed by atoms with E-state index in [1.807, 2.05) is 66.7 Å². The zero-order valence-electron chi connectivity index (χ0n) is 16.7. The van der Waals surface area contributed by atoms with Gasteiger partial charge in [-0.05, 0) is 47.5 Å². The number of methoxy groups -OCH3 is 1. The maximum absolute atomic E-state index is 11.5. The Kier molecular flexibility index (Phi) is 6.44. The van der Waals surface area contributed by atoms with Crippen LogP contribution in [-0.2, 0) is 9.53 Å². The van der Waals surface area contributed by atoms with Crippen molar-refractivity contribution in [2.75, 3.05) is 13.7 Å². The molecule has 1 aliphatic heterocycles. The smallest absolute Gasteiger partial charge is 0.343 e. The summed E-state index contributed by atoms with van der Waals surface area (Å²) in [6, 6.07) is 22.5. The summed E-state index contributed by atoms with van der Waals surface area (Å²) in [7, 11) is 1.33. The Balaban J connectivity index is 1.70. The van der Waals surface area contributed by atoms with Crippen LogP contribution in [0.4, 0.5) is 0 Å². The van der Waals surface area contributed by atoms with Crippen LogP contribution in [0.15, 0.2) is 77.8 Å². The molecular formula is C24H20Cl2N2O3. The van der Waals surface area contributed by atoms with Gasteiger partial charge in [-0.1, -0.05) is 59.6 Å². The highest BCUT2D eigenvalue weighted by atomic mass is 35.5. The maximum Gasteiger partial charge on any atom is 0.343 e. The molecule has 4 rings (SSSR count). The van der Waals surface area contributed by atoms with Crippen LogP contribution in [0.3, 0.4) is 0 Å². The molecule has 2 atom stereocenters. The Hall–Kier alpha value is -3.02. The van der Waals surface area contributed by atoms with Gasteiger partial charge in [0.05, 0.1) is 18.7 Å². The molecule has 5 nitrogen and oxygen atoms in total. The highest BCUT2D eigenvalue weighted by Crippen LogP contribution is 2.38. The molecule has 1 N–H and O–H groups in total. The van der Waals surface area contributed by atoms with Gasteiger partial charge in [0, 0.05) is 10.0 Å². The Morgan fingerprint density at radius 3 is 2.19 bits per heavy atom. The lowest BCUT2D eigenvalue weighted by molar-refractivity contribution is -0.142. The first kappa shape index (κ1) is 21.2. The van der Waals surface area contributed by atoms with Gasteiger partial charge in [-0.15, -0.1) is 0 Å². The van der Waals surface area contributed by atoms with E-state index >= 15 is 0 Å². The van der Waals surface area contributed by atoms with E-state index in [2.05, 4.69) is 10.1 Å². The number of amidine groups is 1. The van der Waals surface area contributed by atoms with Crippen molar-refractivity contribution >= 4 is 35.0 Å². The number of aliphatic imine (C=N–C) groups is 1. The predicted molar refractivity (Wildman–Crippen MR) is 122 cm³/mol. The average Bonchev–Trinajstić information content (AvgIpc) is 3.24. The second-order valence-corrected chi connectivity index (χ2v) is 7.88. The summed E-state index contributed by atoms with van der Waals surface area (Å²) in [5, 5.41) is 4.87. The minimum Gasteiger partial charge on any atom is -0.481 e. The Labute approximate surface area is 190 Å². The molecule has 7 heteroatoms. The third-order valence-corrected chi connectivity index (χ3v) is 5.54. The summed E-state index contributed by atoms with van der Waals surface area (Å²) in [6.07, 6.45) is 0. The van der Waals surface area contributed by atoms with Crippen molar-refractivity contribution in [2.24, 2.45) is 4.99 Å². The quantitative estimate of drug-likeness (QED) is 0.508. The summed E-state index contributed by atoms with van der Waals surface area (Å²) in [5.41, 5.74) is 2.85. The Morgan fingerprint density at radius 1 is 0.935 bits per heavy atom. The molecule has 0 aliphatic carbocycles. The van der Waals surface area contributed by atoms with Crippen LogP contribution < -0.4 is 10.1 Å². The highest BCUT2D eigenvalue weighted by molar-refractivity contribution is 6.30. The second kappa shape index (κ2) is 9.41. The first-order chi connectivity index (χ1) is 15.0. The molecule has 158 valence electrons. The van der Waals surface area contributed by atoms with E-state index in [1.54, 1.807) is 6.07 Å². The SMILES string of the molecule is COC(=O)COc1ccccc1C1=NC(c2ccc(Cl)cc2)C(c2ccc(Cl)cc2)N1. The molecule has 0 bridgehead atoms. The number of rotatable bonds is 6. The molecule has 1 aliphatic rings. The van der Waals surface area contributed by atoms with Gasteiger partial charge in [0.25, 0.3) is 0 Å². The lowest BCUT2D eigenvalue weighted by Crippen LogP contribution is -2.25. The van der Waals surface area contributed by atoms with Crippen molar-refractivity contribution < 1.29 is 14.3 Å². The third-order valence-electron chi connectivity index (χ3n) is 5.03. The van der Waals surface area contributed by atoms with E-state index in [9.17, 15) is 4.79 Å². The van der Waals surface area contributed by atoms with Gasteiger partial charge >= 0.3 is 5.97 Å². The van der Waals surface area contributed by atoms with Gasteiger partial charge in [0.15, 0.2) is 6.61 Å². The molecule has 2 unspecified atom stereocenters. The molecule has 1 heterocycles. The number of hydrogen-bond donors (Lipinski definition) is 1. The average molecular weight is 455 g/mol. The van der Waals surface area contributed by atoms with Crippen LogP contribution in [0.25, 0.3) is 0 Å². The van der Waals surface area contributed by atoms with Gasteiger partial charge in [-0.25, -0.2) is 4.79 Å². The summed E-state index contributed by atoms with van der Waals surface area (Å²) in [6.45, 7) is -0.179. The molecular weight excluding hydrogens is 435 g/mol. The highest BCUT2D eigenvalue weighted by Gasteiger charge is 2.32. The molecule has 0 saturated carbocycles. The Bertz CT molecular complexity index is 1100. The van der Waals surface area contributed by atoms with Crippen LogP contribution in [-0.4, -0.2) is 25.5 Å². The summed E-state index contributed by atoms with van der Waals surface area (Å²) in [4.78, 5) is 16.5. The topological polar surface area (TPSA) is 59.9 Å². The molecule has 3 aromatic carbocycles. The minimum absolute atomic E-state index is 0.109. The van der Waals surface area contributed by atoms with Crippen LogP contribution in [0, 0.1) is 0 Å². The number of nitrogens with one attached hydrogen (secondary N) is 1. The first-order valence-corrected chi connectivity index (χ1v) is 10.4. The van der Waals surface area contributed by atoms with Gasteiger partial charge in [-0.3, -0.25) is 4.99 Å². The van der Waals surface area contributed by atoms with E-state index in [0.717, 1.165) is 16.7 Å². The van der Waals surface area contributed by atoms with Crippen molar-refractivity contribution in [3.63, 3.8) is 0 Å². The van der Waals surface area contributed by atoms with Crippen LogP contribution >= 0.6 is 23.2 Å². The monoisotopic (exact) mass is 454 g/mol. The van der Waals surface area contributed by atoms with Crippen molar-refractivity contribution in [1.82, 2.24) is 5.32 Å². The number of carbonyl (C=O) groups is 1. The second-order valence-electron chi connectivity index (χ2n) is 7.01. The standard InChI is InChI=1S/C24H20Cl2N2O3/c1-30-21(29)14-31-20-5-3-2-4-19(20)24-27-22(15-6-10-17(25)11-7-15)23(28-24)16-8-12-18(26)13-9-16/h2-13,22-23H,14H2,1H3,(H,27,28). The fraction of sp³-hybridized carbons (Fsp3) is 0.167. The zero-order chi connectivity index (χ0) is 21.8. The van der Waals surface area contributed by atoms with Crippen LogP contribution in [0.1, 0.15) is 28.8 Å². The molecule has 0 aromatic heterocycles. The van der Waals surface area contributed by atoms with E-state index in [0.29, 0.717) is 21.6 Å². The normalized spacial score (nSPS) is 17.6. The fourth-order valence-electron chi connectivity index (χ4n) is 3.47. The van der Waals surface area contributed by atoms with E-state index in [4.69, 9.17) is 32.9 Å². The van der Waals surface area contributed by atoms with Crippen molar-refractivity contribution in [1.29, 1.82) is 0 Å². The molecule has 0 amide bonds. The largest absolute Gasteiger partial charge is 0.481 e. The number of benzene rings is 3. The van der Waals surface area contributed by atoms with E-state index < -0.39 is 5.97 Å². The van der Waals surface area contributed by atoms with Crippen LogP contribution in [0.2, 0.25) is 10.0 Å². The lowest BCUT2D eigenvalue weighted by atomic mass is 9.95. The number of ether oxygens (including phenoxy) is 2. The van der Waals surface area contributed by atoms with E-state index in [1.165, 1.54) is 7.11 Å². The number of carbonyl (C=O) groups excluding carboxylic acids is 1. The minimum atomic E-state index is -0.450. The predicted octanol–water partition coefficient (Wildman–Crippen LogP) is 5.38. The molecule has 0 saturated heterocycles. The molecule has 31 heavy (non-hydrogen) atoms. The molecule has 0 fully saturated rings. The van der Waals surface area contributed by atoms with Gasteiger partial charge in [0.1, 0.15) is 17.6 Å². The van der Waals surface area contributed by atoms with Crippen molar-refractivity contribution in [2.45, 2.75) is 12.1 Å². The van der Waals surface area contributed by atoms with Crippen molar-refractivity contribution in [3.8, 4) is 5.75 Å². The number of halogens is 2. The Morgan fingerprint density at radius 2 is 1.55 bits per heavy atom. The summed E-state index contributed by atoms with van der Waals surface area (Å²) < 4.78 is 10.4. The first-order valence-electron chi connectivity index (χ1n) is 9.69. The maximum atomic E-state index is 11.5. The third kappa shape index (κ3) is 4.84. The van der Waals surface area contributed by atoms with Gasteiger partial charge in [0.2, 0.25) is 0 Å². The number of nitrogens with zero attached hydrogens (tertiary/aromatic N) is 1. The molecule has 0 radical (unpaired) electrons. The van der Waals surface area contributed by atoms with E-state index in [-0.39, 0.29) is 18.7 Å². The number of para-hydroxylation sites is 1. The summed E-state index contributed by atoms with van der Waals surface area (Å²) >= 11 is 12.2. The lowest BCUT2D eigenvalue weighted by Gasteiger charge is -2.20. The zero-order valence-corrected chi connectivity index (χ0v) is 18.2. The van der Waals surface area contributed by atoms with Crippen LogP contribution in [0.5, 0.6) is 5.75 Å². The fourth-order valence-corrected chi connectivity index (χ4v) is 3.72. The van der Waals surface area contributed by atoms with Gasteiger partial charge < -0.3 is 14.8 Å². The summed E-state index contributed by atoms with van der Waals surface area (Å²) in [5.74, 6) is 0.778. The molecule has 3 aromatic rings.